The molecule has 0 unspecified atom stereocenters. The summed E-state index contributed by atoms with van der Waals surface area (Å²) in [6.07, 6.45) is 1.96. The van der Waals surface area contributed by atoms with Crippen LogP contribution in [-0.2, 0) is 23.0 Å². The number of benzene rings is 3. The molecular formula is C23H24N2O3S. The Morgan fingerprint density at radius 1 is 0.828 bits per heavy atom. The second kappa shape index (κ2) is 9.39. The summed E-state index contributed by atoms with van der Waals surface area (Å²) >= 11 is 0. The van der Waals surface area contributed by atoms with E-state index in [1.54, 1.807) is 48.5 Å². The van der Waals surface area contributed by atoms with Gasteiger partial charge in [-0.25, -0.2) is 8.42 Å². The molecule has 5 nitrogen and oxygen atoms in total. The highest BCUT2D eigenvalue weighted by Gasteiger charge is 2.17. The lowest BCUT2D eigenvalue weighted by Gasteiger charge is -2.22. The van der Waals surface area contributed by atoms with E-state index < -0.39 is 10.0 Å². The molecular weight excluding hydrogens is 384 g/mol. The van der Waals surface area contributed by atoms with E-state index in [9.17, 15) is 13.2 Å². The van der Waals surface area contributed by atoms with E-state index in [4.69, 9.17) is 0 Å². The van der Waals surface area contributed by atoms with Crippen molar-refractivity contribution in [3.05, 3.63) is 102 Å². The highest BCUT2D eigenvalue weighted by atomic mass is 32.2. The van der Waals surface area contributed by atoms with Crippen LogP contribution in [0, 0.1) is 0 Å². The lowest BCUT2D eigenvalue weighted by atomic mass is 10.1. The topological polar surface area (TPSA) is 66.5 Å². The molecule has 0 radical (unpaired) electrons. The van der Waals surface area contributed by atoms with Crippen LogP contribution in [0.25, 0.3) is 0 Å². The van der Waals surface area contributed by atoms with Crippen molar-refractivity contribution >= 4 is 21.6 Å². The Morgan fingerprint density at radius 3 is 2.00 bits per heavy atom. The van der Waals surface area contributed by atoms with Gasteiger partial charge in [-0.1, -0.05) is 60.7 Å². The molecule has 0 fully saturated rings. The lowest BCUT2D eigenvalue weighted by molar-refractivity contribution is 0.0954. The van der Waals surface area contributed by atoms with Crippen LogP contribution in [0.5, 0.6) is 0 Å². The Hall–Kier alpha value is -3.12. The van der Waals surface area contributed by atoms with Crippen LogP contribution in [0.2, 0.25) is 0 Å². The Bertz CT molecular complexity index is 1030. The maximum atomic E-state index is 12.3. The Morgan fingerprint density at radius 2 is 1.41 bits per heavy atom. The molecule has 29 heavy (non-hydrogen) atoms. The van der Waals surface area contributed by atoms with Crippen LogP contribution >= 0.6 is 0 Å². The van der Waals surface area contributed by atoms with Crippen LogP contribution in [0.3, 0.4) is 0 Å². The molecule has 0 aliphatic rings. The molecule has 1 amide bonds. The highest BCUT2D eigenvalue weighted by Crippen LogP contribution is 2.20. The molecule has 3 aromatic carbocycles. The van der Waals surface area contributed by atoms with Crippen molar-refractivity contribution < 1.29 is 13.2 Å². The summed E-state index contributed by atoms with van der Waals surface area (Å²) in [6, 6.07) is 26.0. The van der Waals surface area contributed by atoms with Crippen LogP contribution in [-0.4, -0.2) is 27.1 Å². The van der Waals surface area contributed by atoms with Gasteiger partial charge in [-0.05, 0) is 41.8 Å². The molecule has 150 valence electrons. The second-order valence-electron chi connectivity index (χ2n) is 6.79. The van der Waals surface area contributed by atoms with E-state index in [2.05, 4.69) is 5.32 Å². The molecule has 0 aliphatic carbocycles. The molecule has 0 aromatic heterocycles. The van der Waals surface area contributed by atoms with Gasteiger partial charge in [-0.3, -0.25) is 9.10 Å². The van der Waals surface area contributed by atoms with Crippen molar-refractivity contribution in [2.45, 2.75) is 13.0 Å². The monoisotopic (exact) mass is 408 g/mol. The summed E-state index contributed by atoms with van der Waals surface area (Å²) in [4.78, 5) is 12.3. The number of hydrogen-bond acceptors (Lipinski definition) is 3. The molecule has 0 spiro atoms. The first-order valence-electron chi connectivity index (χ1n) is 9.37. The quantitative estimate of drug-likeness (QED) is 0.619. The number of nitrogens with zero attached hydrogens (tertiary/aromatic N) is 1. The Labute approximate surface area is 172 Å². The third kappa shape index (κ3) is 5.93. The first kappa shape index (κ1) is 20.6. The summed E-state index contributed by atoms with van der Waals surface area (Å²) in [5.74, 6) is -0.143. The summed E-state index contributed by atoms with van der Waals surface area (Å²) in [7, 11) is -3.43. The van der Waals surface area contributed by atoms with Crippen molar-refractivity contribution in [2.24, 2.45) is 0 Å². The number of carbonyl (C=O) groups is 1. The number of para-hydroxylation sites is 1. The van der Waals surface area contributed by atoms with E-state index in [1.807, 2.05) is 36.4 Å². The van der Waals surface area contributed by atoms with Crippen LogP contribution in [0.15, 0.2) is 84.9 Å². The number of sulfonamides is 1. The van der Waals surface area contributed by atoms with Gasteiger partial charge >= 0.3 is 0 Å². The molecule has 6 heteroatoms. The molecule has 0 heterocycles. The zero-order valence-corrected chi connectivity index (χ0v) is 17.1. The fourth-order valence-corrected chi connectivity index (χ4v) is 3.88. The number of hydrogen-bond donors (Lipinski definition) is 1. The number of rotatable bonds is 8. The summed E-state index contributed by atoms with van der Waals surface area (Å²) in [5.41, 5.74) is 3.13. The zero-order valence-electron chi connectivity index (χ0n) is 16.3. The number of amides is 1. The molecule has 0 saturated heterocycles. The minimum atomic E-state index is -3.43. The van der Waals surface area contributed by atoms with Crippen molar-refractivity contribution in [1.82, 2.24) is 5.32 Å². The van der Waals surface area contributed by atoms with Gasteiger partial charge in [0.1, 0.15) is 0 Å². The highest BCUT2D eigenvalue weighted by molar-refractivity contribution is 7.92. The first-order chi connectivity index (χ1) is 13.9. The van der Waals surface area contributed by atoms with E-state index >= 15 is 0 Å². The summed E-state index contributed by atoms with van der Waals surface area (Å²) < 4.78 is 25.8. The minimum Gasteiger partial charge on any atom is -0.352 e. The van der Waals surface area contributed by atoms with E-state index in [0.29, 0.717) is 17.8 Å². The predicted molar refractivity (Wildman–Crippen MR) is 116 cm³/mol. The largest absolute Gasteiger partial charge is 0.352 e. The zero-order chi connectivity index (χ0) is 20.7. The third-order valence-electron chi connectivity index (χ3n) is 4.53. The third-order valence-corrected chi connectivity index (χ3v) is 5.67. The molecule has 3 aromatic rings. The Kier molecular flexibility index (Phi) is 6.67. The average molecular weight is 409 g/mol. The van der Waals surface area contributed by atoms with Crippen molar-refractivity contribution in [3.63, 3.8) is 0 Å². The maximum absolute atomic E-state index is 12.3. The standard InChI is InChI=1S/C23H24N2O3S/c1-29(27,28)25(22-10-6-3-7-11-22)18-20-12-14-21(15-13-20)23(26)24-17-16-19-8-4-2-5-9-19/h2-15H,16-18H2,1H3,(H,24,26). The van der Waals surface area contributed by atoms with E-state index in [-0.39, 0.29) is 12.5 Å². The van der Waals surface area contributed by atoms with Gasteiger partial charge in [0.2, 0.25) is 10.0 Å². The fraction of sp³-hybridized carbons (Fsp3) is 0.174. The maximum Gasteiger partial charge on any atom is 0.251 e. The molecule has 0 saturated carbocycles. The van der Waals surface area contributed by atoms with Crippen LogP contribution in [0.4, 0.5) is 5.69 Å². The van der Waals surface area contributed by atoms with Gasteiger partial charge in [-0.2, -0.15) is 0 Å². The number of anilines is 1. The van der Waals surface area contributed by atoms with Gasteiger partial charge in [0.05, 0.1) is 18.5 Å². The smallest absolute Gasteiger partial charge is 0.251 e. The fourth-order valence-electron chi connectivity index (χ4n) is 2.99. The molecule has 0 bridgehead atoms. The van der Waals surface area contributed by atoms with Crippen LogP contribution in [0.1, 0.15) is 21.5 Å². The number of nitrogens with one attached hydrogen (secondary N) is 1. The molecule has 0 atom stereocenters. The Balaban J connectivity index is 1.62. The van der Waals surface area contributed by atoms with Crippen LogP contribution < -0.4 is 9.62 Å². The molecule has 0 aliphatic heterocycles. The van der Waals surface area contributed by atoms with E-state index in [1.165, 1.54) is 16.1 Å². The second-order valence-corrected chi connectivity index (χ2v) is 8.70. The SMILES string of the molecule is CS(=O)(=O)N(Cc1ccc(C(=O)NCCc2ccccc2)cc1)c1ccccc1. The normalized spacial score (nSPS) is 11.1. The van der Waals surface area contributed by atoms with Gasteiger partial charge < -0.3 is 5.32 Å². The van der Waals surface area contributed by atoms with Crippen molar-refractivity contribution in [1.29, 1.82) is 0 Å². The average Bonchev–Trinajstić information content (AvgIpc) is 2.73. The molecule has 3 rings (SSSR count). The van der Waals surface area contributed by atoms with Crippen molar-refractivity contribution in [3.8, 4) is 0 Å². The van der Waals surface area contributed by atoms with Gasteiger partial charge in [0.25, 0.3) is 5.91 Å². The van der Waals surface area contributed by atoms with Crippen molar-refractivity contribution in [2.75, 3.05) is 17.1 Å². The number of carbonyl (C=O) groups excluding carboxylic acids is 1. The first-order valence-corrected chi connectivity index (χ1v) is 11.2. The minimum absolute atomic E-state index is 0.143. The lowest BCUT2D eigenvalue weighted by Crippen LogP contribution is -2.29. The predicted octanol–water partition coefficient (Wildman–Crippen LogP) is 3.63. The van der Waals surface area contributed by atoms with Gasteiger partial charge in [0.15, 0.2) is 0 Å². The summed E-state index contributed by atoms with van der Waals surface area (Å²) in [6.45, 7) is 0.763. The molecule has 1 N–H and O–H groups in total. The van der Waals surface area contributed by atoms with E-state index in [0.717, 1.165) is 12.0 Å². The summed E-state index contributed by atoms with van der Waals surface area (Å²) in [5, 5.41) is 2.91. The van der Waals surface area contributed by atoms with Gasteiger partial charge in [-0.15, -0.1) is 0 Å². The van der Waals surface area contributed by atoms with Gasteiger partial charge in [0, 0.05) is 12.1 Å².